The Labute approximate surface area is 127 Å². The van der Waals surface area contributed by atoms with Crippen molar-refractivity contribution >= 4 is 27.4 Å². The summed E-state index contributed by atoms with van der Waals surface area (Å²) in [6.45, 7) is 1.23. The SMILES string of the molecule is COC(=O)c1cc2cc(COS(C)(=O)=O)ccn2c1C(C)=O. The molecule has 0 aliphatic heterocycles. The van der Waals surface area contributed by atoms with Gasteiger partial charge in [0, 0.05) is 18.6 Å². The van der Waals surface area contributed by atoms with E-state index in [-0.39, 0.29) is 23.6 Å². The molecule has 2 aromatic rings. The molecule has 2 heterocycles. The van der Waals surface area contributed by atoms with Gasteiger partial charge in [0.25, 0.3) is 10.1 Å². The fourth-order valence-electron chi connectivity index (χ4n) is 2.11. The first kappa shape index (κ1) is 16.2. The molecule has 8 heteroatoms. The molecular weight excluding hydrogens is 310 g/mol. The molecule has 2 rings (SSSR count). The lowest BCUT2D eigenvalue weighted by molar-refractivity contribution is 0.0597. The Morgan fingerprint density at radius 2 is 1.95 bits per heavy atom. The number of Topliss-reactive ketones (excluding diaryl/α,β-unsaturated/α-hetero) is 1. The van der Waals surface area contributed by atoms with Gasteiger partial charge in [0.15, 0.2) is 5.78 Å². The number of ether oxygens (including phenoxy) is 1. The van der Waals surface area contributed by atoms with E-state index in [0.29, 0.717) is 11.1 Å². The van der Waals surface area contributed by atoms with Gasteiger partial charge in [0.1, 0.15) is 5.69 Å². The quantitative estimate of drug-likeness (QED) is 0.469. The lowest BCUT2D eigenvalue weighted by Crippen LogP contribution is -2.08. The molecular formula is C14H15NO6S. The van der Waals surface area contributed by atoms with Crippen LogP contribution in [0.5, 0.6) is 0 Å². The van der Waals surface area contributed by atoms with Crippen LogP contribution in [-0.4, -0.2) is 37.9 Å². The zero-order chi connectivity index (χ0) is 16.5. The molecule has 0 N–H and O–H groups in total. The second kappa shape index (κ2) is 5.90. The van der Waals surface area contributed by atoms with E-state index < -0.39 is 16.1 Å². The van der Waals surface area contributed by atoms with Crippen molar-refractivity contribution in [3.63, 3.8) is 0 Å². The van der Waals surface area contributed by atoms with Gasteiger partial charge in [0.05, 0.1) is 25.5 Å². The van der Waals surface area contributed by atoms with Crippen molar-refractivity contribution < 1.29 is 26.9 Å². The van der Waals surface area contributed by atoms with Crippen molar-refractivity contribution in [3.05, 3.63) is 41.2 Å². The van der Waals surface area contributed by atoms with E-state index >= 15 is 0 Å². The van der Waals surface area contributed by atoms with Crippen molar-refractivity contribution in [2.24, 2.45) is 0 Å². The predicted octanol–water partition coefficient (Wildman–Crippen LogP) is 1.40. The van der Waals surface area contributed by atoms with E-state index in [1.54, 1.807) is 22.7 Å². The van der Waals surface area contributed by atoms with E-state index in [1.807, 2.05) is 0 Å². The van der Waals surface area contributed by atoms with Gasteiger partial charge in [-0.1, -0.05) is 0 Å². The minimum Gasteiger partial charge on any atom is -0.465 e. The Morgan fingerprint density at radius 1 is 1.27 bits per heavy atom. The fourth-order valence-corrected chi connectivity index (χ4v) is 2.46. The summed E-state index contributed by atoms with van der Waals surface area (Å²) < 4.78 is 33.0. The van der Waals surface area contributed by atoms with E-state index in [1.165, 1.54) is 20.1 Å². The number of hydrogen-bond acceptors (Lipinski definition) is 6. The van der Waals surface area contributed by atoms with Crippen LogP contribution in [0.25, 0.3) is 5.52 Å². The summed E-state index contributed by atoms with van der Waals surface area (Å²) in [4.78, 5) is 23.5. The van der Waals surface area contributed by atoms with Crippen LogP contribution in [0.2, 0.25) is 0 Å². The van der Waals surface area contributed by atoms with Crippen LogP contribution in [-0.2, 0) is 25.6 Å². The number of carbonyl (C=O) groups is 2. The molecule has 0 aromatic carbocycles. The Kier molecular flexibility index (Phi) is 4.34. The molecule has 0 spiro atoms. The molecule has 118 valence electrons. The van der Waals surface area contributed by atoms with Gasteiger partial charge >= 0.3 is 5.97 Å². The zero-order valence-corrected chi connectivity index (χ0v) is 13.1. The standard InChI is InChI=1S/C14H15NO6S/c1-9(16)13-12(14(17)20-2)7-11-6-10(4-5-15(11)13)8-21-22(3,18)19/h4-7H,8H2,1-3H3. The summed E-state index contributed by atoms with van der Waals surface area (Å²) in [6, 6.07) is 4.78. The molecule has 0 aliphatic rings. The number of esters is 1. The van der Waals surface area contributed by atoms with E-state index in [0.717, 1.165) is 6.26 Å². The van der Waals surface area contributed by atoms with Gasteiger partial charge in [-0.2, -0.15) is 8.42 Å². The monoisotopic (exact) mass is 325 g/mol. The Morgan fingerprint density at radius 3 is 2.50 bits per heavy atom. The highest BCUT2D eigenvalue weighted by atomic mass is 32.2. The number of pyridine rings is 1. The lowest BCUT2D eigenvalue weighted by atomic mass is 10.2. The summed E-state index contributed by atoms with van der Waals surface area (Å²) in [5.74, 6) is -0.886. The van der Waals surface area contributed by atoms with Crippen LogP contribution in [0.1, 0.15) is 33.3 Å². The third-order valence-electron chi connectivity index (χ3n) is 3.02. The first-order valence-corrected chi connectivity index (χ1v) is 8.12. The Hall–Kier alpha value is -2.19. The summed E-state index contributed by atoms with van der Waals surface area (Å²) in [6.07, 6.45) is 2.55. The number of rotatable bonds is 5. The Bertz CT molecular complexity index is 850. The van der Waals surface area contributed by atoms with Crippen molar-refractivity contribution in [1.29, 1.82) is 0 Å². The van der Waals surface area contributed by atoms with Gasteiger partial charge in [-0.25, -0.2) is 4.79 Å². The average Bonchev–Trinajstić information content (AvgIpc) is 2.82. The van der Waals surface area contributed by atoms with Crippen LogP contribution in [0.15, 0.2) is 24.4 Å². The van der Waals surface area contributed by atoms with Crippen LogP contribution in [0.3, 0.4) is 0 Å². The maximum Gasteiger partial charge on any atom is 0.340 e. The summed E-state index contributed by atoms with van der Waals surface area (Å²) >= 11 is 0. The van der Waals surface area contributed by atoms with Gasteiger partial charge in [-0.3, -0.25) is 8.98 Å². The van der Waals surface area contributed by atoms with Crippen molar-refractivity contribution in [2.45, 2.75) is 13.5 Å². The first-order valence-electron chi connectivity index (χ1n) is 6.30. The smallest absolute Gasteiger partial charge is 0.340 e. The predicted molar refractivity (Wildman–Crippen MR) is 78.4 cm³/mol. The highest BCUT2D eigenvalue weighted by Crippen LogP contribution is 2.20. The second-order valence-corrected chi connectivity index (χ2v) is 6.39. The van der Waals surface area contributed by atoms with E-state index in [9.17, 15) is 18.0 Å². The molecule has 0 aliphatic carbocycles. The number of carbonyl (C=O) groups excluding carboxylic acids is 2. The summed E-state index contributed by atoms with van der Waals surface area (Å²) in [7, 11) is -2.31. The van der Waals surface area contributed by atoms with Crippen molar-refractivity contribution in [1.82, 2.24) is 4.40 Å². The van der Waals surface area contributed by atoms with Gasteiger partial charge < -0.3 is 9.14 Å². The number of nitrogens with zero attached hydrogens (tertiary/aromatic N) is 1. The average molecular weight is 325 g/mol. The van der Waals surface area contributed by atoms with Crippen LogP contribution < -0.4 is 0 Å². The maximum atomic E-state index is 11.8. The maximum absolute atomic E-state index is 11.8. The fraction of sp³-hybridized carbons (Fsp3) is 0.286. The number of ketones is 1. The zero-order valence-electron chi connectivity index (χ0n) is 12.3. The lowest BCUT2D eigenvalue weighted by Gasteiger charge is -2.05. The molecule has 0 fully saturated rings. The molecule has 0 amide bonds. The second-order valence-electron chi connectivity index (χ2n) is 4.75. The molecule has 0 radical (unpaired) electrons. The molecule has 22 heavy (non-hydrogen) atoms. The third kappa shape index (κ3) is 3.34. The summed E-state index contributed by atoms with van der Waals surface area (Å²) in [5, 5.41) is 0. The normalized spacial score (nSPS) is 11.6. The number of methoxy groups -OCH3 is 1. The van der Waals surface area contributed by atoms with Gasteiger partial charge in [0.2, 0.25) is 0 Å². The minimum absolute atomic E-state index is 0.122. The van der Waals surface area contributed by atoms with Crippen molar-refractivity contribution in [3.8, 4) is 0 Å². The largest absolute Gasteiger partial charge is 0.465 e. The van der Waals surface area contributed by atoms with Crippen LogP contribution in [0.4, 0.5) is 0 Å². The third-order valence-corrected chi connectivity index (χ3v) is 3.56. The number of hydrogen-bond donors (Lipinski definition) is 0. The molecule has 0 saturated carbocycles. The number of fused-ring (bicyclic) bond motifs is 1. The topological polar surface area (TPSA) is 91.2 Å². The molecule has 0 bridgehead atoms. The summed E-state index contributed by atoms with van der Waals surface area (Å²) in [5.41, 5.74) is 1.55. The molecule has 0 unspecified atom stereocenters. The van der Waals surface area contributed by atoms with Crippen LogP contribution >= 0.6 is 0 Å². The van der Waals surface area contributed by atoms with Gasteiger partial charge in [-0.05, 0) is 23.8 Å². The minimum atomic E-state index is -3.54. The first-order chi connectivity index (χ1) is 10.2. The van der Waals surface area contributed by atoms with E-state index in [4.69, 9.17) is 4.18 Å². The number of aromatic nitrogens is 1. The highest BCUT2D eigenvalue weighted by Gasteiger charge is 2.20. The molecule has 2 aromatic heterocycles. The molecule has 0 saturated heterocycles. The van der Waals surface area contributed by atoms with Crippen LogP contribution in [0, 0.1) is 0 Å². The highest BCUT2D eigenvalue weighted by molar-refractivity contribution is 7.85. The van der Waals surface area contributed by atoms with E-state index in [2.05, 4.69) is 4.74 Å². The molecule has 0 atom stereocenters. The van der Waals surface area contributed by atoms with Crippen molar-refractivity contribution in [2.75, 3.05) is 13.4 Å². The molecule has 7 nitrogen and oxygen atoms in total. The van der Waals surface area contributed by atoms with Gasteiger partial charge in [-0.15, -0.1) is 0 Å². The Balaban J connectivity index is 2.50.